The molecule has 0 amide bonds. The van der Waals surface area contributed by atoms with Gasteiger partial charge in [0.2, 0.25) is 0 Å². The number of rotatable bonds is 7. The van der Waals surface area contributed by atoms with Crippen molar-refractivity contribution in [1.29, 1.82) is 0 Å². The Morgan fingerprint density at radius 3 is 3.05 bits per heavy atom. The maximum Gasteiger partial charge on any atom is 0.140 e. The highest BCUT2D eigenvalue weighted by Crippen LogP contribution is 2.29. The first-order valence-electron chi connectivity index (χ1n) is 7.42. The Bertz CT molecular complexity index is 377. The maximum absolute atomic E-state index is 4.38. The van der Waals surface area contributed by atoms with Crippen LogP contribution in [0.4, 0.5) is 0 Å². The van der Waals surface area contributed by atoms with Gasteiger partial charge in [0, 0.05) is 17.8 Å². The highest BCUT2D eigenvalue weighted by Gasteiger charge is 2.26. The minimum atomic E-state index is 0.607. The Morgan fingerprint density at radius 1 is 1.47 bits per heavy atom. The summed E-state index contributed by atoms with van der Waals surface area (Å²) in [5.74, 6) is 2.89. The molecule has 2 rings (SSSR count). The van der Waals surface area contributed by atoms with Crippen LogP contribution >= 0.6 is 11.8 Å². The third-order valence-corrected chi connectivity index (χ3v) is 4.92. The van der Waals surface area contributed by atoms with E-state index in [4.69, 9.17) is 0 Å². The average Bonchev–Trinajstić information content (AvgIpc) is 2.96. The van der Waals surface area contributed by atoms with Crippen LogP contribution in [0.15, 0.2) is 6.33 Å². The van der Waals surface area contributed by atoms with Crippen LogP contribution in [0.1, 0.15) is 45.9 Å². The predicted molar refractivity (Wildman–Crippen MR) is 81.3 cm³/mol. The van der Waals surface area contributed by atoms with Crippen LogP contribution in [0.2, 0.25) is 0 Å². The molecule has 0 unspecified atom stereocenters. The first kappa shape index (κ1) is 14.9. The van der Waals surface area contributed by atoms with E-state index >= 15 is 0 Å². The summed E-state index contributed by atoms with van der Waals surface area (Å²) in [7, 11) is 0. The molecule has 0 spiro atoms. The maximum atomic E-state index is 4.38. The first-order chi connectivity index (χ1) is 9.20. The molecule has 4 nitrogen and oxygen atoms in total. The van der Waals surface area contributed by atoms with Crippen LogP contribution in [-0.2, 0) is 13.1 Å². The Hall–Kier alpha value is -0.550. The van der Waals surface area contributed by atoms with Gasteiger partial charge in [-0.15, -0.1) is 0 Å². The molecule has 1 aromatic heterocycles. The highest BCUT2D eigenvalue weighted by molar-refractivity contribution is 7.99. The lowest BCUT2D eigenvalue weighted by Gasteiger charge is -2.20. The van der Waals surface area contributed by atoms with E-state index < -0.39 is 0 Å². The number of hydrogen-bond donors (Lipinski definition) is 1. The minimum absolute atomic E-state index is 0.607. The molecule has 0 saturated heterocycles. The van der Waals surface area contributed by atoms with Gasteiger partial charge in [0.05, 0.1) is 6.54 Å². The second-order valence-electron chi connectivity index (χ2n) is 5.66. The van der Waals surface area contributed by atoms with Crippen molar-refractivity contribution >= 4 is 11.8 Å². The Labute approximate surface area is 120 Å². The predicted octanol–water partition coefficient (Wildman–Crippen LogP) is 2.70. The molecule has 0 aliphatic heterocycles. The summed E-state index contributed by atoms with van der Waals surface area (Å²) in [6.45, 7) is 8.47. The van der Waals surface area contributed by atoms with Crippen molar-refractivity contribution in [1.82, 2.24) is 20.1 Å². The fraction of sp³-hybridized carbons (Fsp3) is 0.857. The third kappa shape index (κ3) is 4.21. The van der Waals surface area contributed by atoms with Gasteiger partial charge in [-0.25, -0.2) is 9.67 Å². The Kier molecular flexibility index (Phi) is 5.70. The zero-order chi connectivity index (χ0) is 13.7. The van der Waals surface area contributed by atoms with Crippen LogP contribution in [0, 0.1) is 5.92 Å². The molecule has 1 saturated carbocycles. The molecule has 2 atom stereocenters. The fourth-order valence-corrected chi connectivity index (χ4v) is 3.94. The van der Waals surface area contributed by atoms with Crippen LogP contribution in [0.3, 0.4) is 0 Å². The summed E-state index contributed by atoms with van der Waals surface area (Å²) in [5.41, 5.74) is 0. The fourth-order valence-electron chi connectivity index (χ4n) is 2.72. The molecule has 0 bridgehead atoms. The van der Waals surface area contributed by atoms with E-state index in [0.29, 0.717) is 12.0 Å². The van der Waals surface area contributed by atoms with E-state index in [1.165, 1.54) is 25.0 Å². The summed E-state index contributed by atoms with van der Waals surface area (Å²) in [4.78, 5) is 4.38. The molecule has 0 aromatic carbocycles. The molecule has 1 fully saturated rings. The van der Waals surface area contributed by atoms with E-state index in [1.54, 1.807) is 6.33 Å². The van der Waals surface area contributed by atoms with Gasteiger partial charge in [-0.2, -0.15) is 16.9 Å². The molecule has 1 N–H and O–H groups in total. The van der Waals surface area contributed by atoms with Gasteiger partial charge in [-0.05, 0) is 24.5 Å². The number of thioether (sulfide) groups is 1. The van der Waals surface area contributed by atoms with Gasteiger partial charge in [-0.3, -0.25) is 0 Å². The van der Waals surface area contributed by atoms with Crippen molar-refractivity contribution in [3.05, 3.63) is 12.2 Å². The second kappa shape index (κ2) is 7.29. The van der Waals surface area contributed by atoms with E-state index in [1.807, 2.05) is 4.68 Å². The lowest BCUT2D eigenvalue weighted by Crippen LogP contribution is -2.34. The van der Waals surface area contributed by atoms with Crippen molar-refractivity contribution < 1.29 is 0 Å². The van der Waals surface area contributed by atoms with E-state index in [2.05, 4.69) is 47.9 Å². The Balaban J connectivity index is 1.86. The van der Waals surface area contributed by atoms with Gasteiger partial charge in [0.15, 0.2) is 0 Å². The standard InChI is InChI=1S/C14H26N4S/c1-4-19-13-7-5-6-12(13)15-8-14-16-10-17-18(14)9-11(2)3/h10-13,15H,4-9H2,1-3H3/t12-,13+/m1/s1. The van der Waals surface area contributed by atoms with Gasteiger partial charge in [0.25, 0.3) is 0 Å². The zero-order valence-corrected chi connectivity index (χ0v) is 13.1. The van der Waals surface area contributed by atoms with Crippen molar-refractivity contribution in [3.63, 3.8) is 0 Å². The highest BCUT2D eigenvalue weighted by atomic mass is 32.2. The largest absolute Gasteiger partial charge is 0.306 e. The quantitative estimate of drug-likeness (QED) is 0.835. The molecule has 1 aliphatic rings. The molecule has 19 heavy (non-hydrogen) atoms. The summed E-state index contributed by atoms with van der Waals surface area (Å²) in [5, 5.41) is 8.79. The minimum Gasteiger partial charge on any atom is -0.306 e. The molecular weight excluding hydrogens is 256 g/mol. The molecule has 1 aliphatic carbocycles. The molecule has 0 radical (unpaired) electrons. The van der Waals surface area contributed by atoms with Crippen LogP contribution in [0.25, 0.3) is 0 Å². The third-order valence-electron chi connectivity index (χ3n) is 3.59. The van der Waals surface area contributed by atoms with Crippen molar-refractivity contribution in [3.8, 4) is 0 Å². The first-order valence-corrected chi connectivity index (χ1v) is 8.47. The van der Waals surface area contributed by atoms with Crippen molar-refractivity contribution in [2.45, 2.75) is 64.4 Å². The van der Waals surface area contributed by atoms with Crippen LogP contribution in [-0.4, -0.2) is 31.8 Å². The van der Waals surface area contributed by atoms with Gasteiger partial charge >= 0.3 is 0 Å². The van der Waals surface area contributed by atoms with Crippen LogP contribution in [0.5, 0.6) is 0 Å². The Morgan fingerprint density at radius 2 is 2.32 bits per heavy atom. The summed E-state index contributed by atoms with van der Waals surface area (Å²) in [6, 6.07) is 0.647. The van der Waals surface area contributed by atoms with Gasteiger partial charge in [-0.1, -0.05) is 27.2 Å². The van der Waals surface area contributed by atoms with Crippen LogP contribution < -0.4 is 5.32 Å². The second-order valence-corrected chi connectivity index (χ2v) is 7.18. The van der Waals surface area contributed by atoms with E-state index in [0.717, 1.165) is 24.2 Å². The van der Waals surface area contributed by atoms with Gasteiger partial charge < -0.3 is 5.32 Å². The normalized spacial score (nSPS) is 23.4. The molecular formula is C14H26N4S. The van der Waals surface area contributed by atoms with E-state index in [9.17, 15) is 0 Å². The number of nitrogens with zero attached hydrogens (tertiary/aromatic N) is 3. The monoisotopic (exact) mass is 282 g/mol. The average molecular weight is 282 g/mol. The topological polar surface area (TPSA) is 42.7 Å². The number of hydrogen-bond acceptors (Lipinski definition) is 4. The number of aromatic nitrogens is 3. The molecule has 1 heterocycles. The summed E-state index contributed by atoms with van der Waals surface area (Å²) >= 11 is 2.09. The van der Waals surface area contributed by atoms with Crippen molar-refractivity contribution in [2.75, 3.05) is 5.75 Å². The summed E-state index contributed by atoms with van der Waals surface area (Å²) in [6.07, 6.45) is 5.69. The molecule has 108 valence electrons. The smallest absolute Gasteiger partial charge is 0.140 e. The lowest BCUT2D eigenvalue weighted by atomic mass is 10.2. The molecule has 1 aromatic rings. The zero-order valence-electron chi connectivity index (χ0n) is 12.3. The number of nitrogens with one attached hydrogen (secondary N) is 1. The molecule has 5 heteroatoms. The summed E-state index contributed by atoms with van der Waals surface area (Å²) < 4.78 is 2.04. The SMILES string of the molecule is CCS[C@H]1CCC[C@H]1NCc1ncnn1CC(C)C. The van der Waals surface area contributed by atoms with E-state index in [-0.39, 0.29) is 0 Å². The van der Waals surface area contributed by atoms with Gasteiger partial charge in [0.1, 0.15) is 12.2 Å². The lowest BCUT2D eigenvalue weighted by molar-refractivity contribution is 0.444. The van der Waals surface area contributed by atoms with Crippen molar-refractivity contribution in [2.24, 2.45) is 5.92 Å².